The molecule has 0 spiro atoms. The molecule has 1 aliphatic carbocycles. The molecule has 6 heteroatoms. The molecule has 1 unspecified atom stereocenters. The zero-order chi connectivity index (χ0) is 15.8. The summed E-state index contributed by atoms with van der Waals surface area (Å²) in [6.45, 7) is 1.42. The van der Waals surface area contributed by atoms with E-state index in [1.54, 1.807) is 6.07 Å². The number of ketones is 1. The van der Waals surface area contributed by atoms with Gasteiger partial charge in [-0.2, -0.15) is 0 Å². The summed E-state index contributed by atoms with van der Waals surface area (Å²) in [7, 11) is 0. The Balaban J connectivity index is 0.000000262. The number of carboxylic acids is 1. The van der Waals surface area contributed by atoms with Crippen LogP contribution in [0.15, 0.2) is 18.2 Å². The Morgan fingerprint density at radius 3 is 2.29 bits per heavy atom. The highest BCUT2D eigenvalue weighted by Crippen LogP contribution is 2.28. The SMILES string of the molecule is CC(Oc1ccc(Cl)cc1Cl)C(=O)O.O=C1CCCCC1. The molecule has 0 aliphatic heterocycles. The van der Waals surface area contributed by atoms with E-state index < -0.39 is 12.1 Å². The van der Waals surface area contributed by atoms with E-state index in [2.05, 4.69) is 0 Å². The van der Waals surface area contributed by atoms with Crippen molar-refractivity contribution in [2.75, 3.05) is 0 Å². The number of rotatable bonds is 3. The molecular weight excluding hydrogens is 315 g/mol. The highest BCUT2D eigenvalue weighted by atomic mass is 35.5. The molecule has 0 aromatic heterocycles. The summed E-state index contributed by atoms with van der Waals surface area (Å²) in [5.41, 5.74) is 0. The number of aliphatic carboxylic acids is 1. The van der Waals surface area contributed by atoms with Crippen LogP contribution < -0.4 is 4.74 Å². The number of Topliss-reactive ketones (excluding diaryl/α,β-unsaturated/α-hetero) is 1. The molecule has 21 heavy (non-hydrogen) atoms. The van der Waals surface area contributed by atoms with Crippen molar-refractivity contribution in [3.05, 3.63) is 28.2 Å². The Morgan fingerprint density at radius 2 is 1.86 bits per heavy atom. The van der Waals surface area contributed by atoms with E-state index in [1.165, 1.54) is 25.5 Å². The molecule has 1 aromatic carbocycles. The van der Waals surface area contributed by atoms with Gasteiger partial charge in [0, 0.05) is 17.9 Å². The quantitative estimate of drug-likeness (QED) is 0.892. The monoisotopic (exact) mass is 332 g/mol. The molecule has 0 radical (unpaired) electrons. The van der Waals surface area contributed by atoms with Gasteiger partial charge in [0.25, 0.3) is 0 Å². The first kappa shape index (κ1) is 17.8. The van der Waals surface area contributed by atoms with E-state index in [9.17, 15) is 9.59 Å². The van der Waals surface area contributed by atoms with Crippen LogP contribution >= 0.6 is 23.2 Å². The Labute approximate surface area is 134 Å². The highest BCUT2D eigenvalue weighted by Gasteiger charge is 2.14. The molecule has 4 nitrogen and oxygen atoms in total. The second-order valence-electron chi connectivity index (χ2n) is 4.77. The third kappa shape index (κ3) is 6.82. The molecule has 0 amide bonds. The van der Waals surface area contributed by atoms with E-state index in [0.29, 0.717) is 21.6 Å². The van der Waals surface area contributed by atoms with Crippen molar-refractivity contribution in [3.63, 3.8) is 0 Å². The lowest BCUT2D eigenvalue weighted by Gasteiger charge is -2.11. The van der Waals surface area contributed by atoms with Crippen LogP contribution in [0.2, 0.25) is 10.0 Å². The summed E-state index contributed by atoms with van der Waals surface area (Å²) in [5, 5.41) is 9.37. The van der Waals surface area contributed by atoms with Crippen molar-refractivity contribution in [3.8, 4) is 5.75 Å². The fraction of sp³-hybridized carbons (Fsp3) is 0.467. The number of carbonyl (C=O) groups is 2. The lowest BCUT2D eigenvalue weighted by molar-refractivity contribution is -0.144. The zero-order valence-corrected chi connectivity index (χ0v) is 13.3. The molecule has 0 bridgehead atoms. The molecule has 1 aromatic rings. The standard InChI is InChI=1S/C9H8Cl2O3.C6H10O/c1-5(9(12)13)14-8-3-2-6(10)4-7(8)11;7-6-4-2-1-3-5-6/h2-5H,1H3,(H,12,13);1-5H2. The number of halogens is 2. The molecule has 116 valence electrons. The third-order valence-corrected chi connectivity index (χ3v) is 3.49. The number of carbonyl (C=O) groups excluding carboxylic acids is 1. The summed E-state index contributed by atoms with van der Waals surface area (Å²) in [5.74, 6) is -0.270. The molecular formula is C15H18Cl2O4. The molecule has 1 atom stereocenters. The fourth-order valence-corrected chi connectivity index (χ4v) is 2.21. The van der Waals surface area contributed by atoms with Crippen molar-refractivity contribution in [1.29, 1.82) is 0 Å². The van der Waals surface area contributed by atoms with E-state index in [0.717, 1.165) is 25.7 Å². The number of benzene rings is 1. The van der Waals surface area contributed by atoms with Gasteiger partial charge in [-0.15, -0.1) is 0 Å². The predicted octanol–water partition coefficient (Wildman–Crippen LogP) is 4.36. The van der Waals surface area contributed by atoms with Crippen molar-refractivity contribution >= 4 is 35.0 Å². The topological polar surface area (TPSA) is 63.6 Å². The van der Waals surface area contributed by atoms with E-state index in [-0.39, 0.29) is 0 Å². The molecule has 1 N–H and O–H groups in total. The maximum atomic E-state index is 10.5. The van der Waals surface area contributed by atoms with Crippen molar-refractivity contribution in [1.82, 2.24) is 0 Å². The van der Waals surface area contributed by atoms with Crippen LogP contribution in [0, 0.1) is 0 Å². The van der Waals surface area contributed by atoms with Gasteiger partial charge < -0.3 is 9.84 Å². The molecule has 0 saturated heterocycles. The predicted molar refractivity (Wildman–Crippen MR) is 82.3 cm³/mol. The first-order chi connectivity index (χ1) is 9.90. The maximum Gasteiger partial charge on any atom is 0.344 e. The van der Waals surface area contributed by atoms with Gasteiger partial charge in [0.1, 0.15) is 11.5 Å². The first-order valence-electron chi connectivity index (χ1n) is 6.76. The molecule has 1 fully saturated rings. The largest absolute Gasteiger partial charge is 0.479 e. The molecule has 2 rings (SSSR count). The second kappa shape index (κ2) is 8.90. The summed E-state index contributed by atoms with van der Waals surface area (Å²) in [4.78, 5) is 21.0. The third-order valence-electron chi connectivity index (χ3n) is 2.96. The molecule has 0 heterocycles. The van der Waals surface area contributed by atoms with Gasteiger partial charge in [-0.1, -0.05) is 29.6 Å². The van der Waals surface area contributed by atoms with Crippen LogP contribution in [0.3, 0.4) is 0 Å². The van der Waals surface area contributed by atoms with Crippen LogP contribution in [0.1, 0.15) is 39.0 Å². The van der Waals surface area contributed by atoms with E-state index >= 15 is 0 Å². The van der Waals surface area contributed by atoms with Crippen LogP contribution in [-0.4, -0.2) is 23.0 Å². The smallest absolute Gasteiger partial charge is 0.344 e. The number of hydrogen-bond donors (Lipinski definition) is 1. The van der Waals surface area contributed by atoms with Crippen LogP contribution in [0.25, 0.3) is 0 Å². The van der Waals surface area contributed by atoms with Gasteiger partial charge in [0.2, 0.25) is 0 Å². The van der Waals surface area contributed by atoms with Gasteiger partial charge in [-0.25, -0.2) is 4.79 Å². The van der Waals surface area contributed by atoms with Gasteiger partial charge >= 0.3 is 5.97 Å². The number of carboxylic acid groups (broad SMARTS) is 1. The summed E-state index contributed by atoms with van der Waals surface area (Å²) >= 11 is 11.4. The fourth-order valence-electron chi connectivity index (χ4n) is 1.76. The Hall–Kier alpha value is -1.26. The number of hydrogen-bond acceptors (Lipinski definition) is 3. The first-order valence-corrected chi connectivity index (χ1v) is 7.52. The highest BCUT2D eigenvalue weighted by molar-refractivity contribution is 6.35. The average Bonchev–Trinajstić information content (AvgIpc) is 2.43. The van der Waals surface area contributed by atoms with Gasteiger partial charge in [0.05, 0.1) is 5.02 Å². The summed E-state index contributed by atoms with van der Waals surface area (Å²) < 4.78 is 5.07. The van der Waals surface area contributed by atoms with E-state index in [1.807, 2.05) is 0 Å². The normalized spacial score (nSPS) is 15.7. The lowest BCUT2D eigenvalue weighted by Crippen LogP contribution is -2.22. The molecule has 1 saturated carbocycles. The Bertz CT molecular complexity index is 494. The Kier molecular flexibility index (Phi) is 7.54. The van der Waals surface area contributed by atoms with Crippen LogP contribution in [0.4, 0.5) is 0 Å². The van der Waals surface area contributed by atoms with E-state index in [4.69, 9.17) is 33.0 Å². The van der Waals surface area contributed by atoms with Gasteiger partial charge in [0.15, 0.2) is 6.10 Å². The molecule has 1 aliphatic rings. The second-order valence-corrected chi connectivity index (χ2v) is 5.62. The number of ether oxygens (including phenoxy) is 1. The average molecular weight is 333 g/mol. The maximum absolute atomic E-state index is 10.5. The van der Waals surface area contributed by atoms with Crippen molar-refractivity contribution in [2.45, 2.75) is 45.1 Å². The van der Waals surface area contributed by atoms with Crippen LogP contribution in [0.5, 0.6) is 5.75 Å². The van der Waals surface area contributed by atoms with Gasteiger partial charge in [-0.3, -0.25) is 4.79 Å². The minimum atomic E-state index is -1.05. The lowest BCUT2D eigenvalue weighted by atomic mass is 10.00. The zero-order valence-electron chi connectivity index (χ0n) is 11.8. The van der Waals surface area contributed by atoms with Crippen molar-refractivity contribution < 1.29 is 19.4 Å². The summed E-state index contributed by atoms with van der Waals surface area (Å²) in [6, 6.07) is 4.61. The minimum absolute atomic E-state index is 0.297. The summed E-state index contributed by atoms with van der Waals surface area (Å²) in [6.07, 6.45) is 4.30. The Morgan fingerprint density at radius 1 is 1.24 bits per heavy atom. The minimum Gasteiger partial charge on any atom is -0.479 e. The van der Waals surface area contributed by atoms with Crippen LogP contribution in [-0.2, 0) is 9.59 Å². The van der Waals surface area contributed by atoms with Crippen molar-refractivity contribution in [2.24, 2.45) is 0 Å². The van der Waals surface area contributed by atoms with Gasteiger partial charge in [-0.05, 0) is 38.0 Å².